The Morgan fingerprint density at radius 3 is 2.09 bits per heavy atom. The first-order valence-electron chi connectivity index (χ1n) is 26.8. The molecule has 6 atom stereocenters. The van der Waals surface area contributed by atoms with Crippen LogP contribution in [0.5, 0.6) is 11.5 Å². The van der Waals surface area contributed by atoms with Gasteiger partial charge in [0.2, 0.25) is 12.7 Å². The molecular formula is C61H66N4O12S3. The maximum atomic E-state index is 14.0. The number of hydrogen-bond donors (Lipinski definition) is 3. The summed E-state index contributed by atoms with van der Waals surface area (Å²) in [5.74, 6) is -0.163. The molecule has 80 heavy (non-hydrogen) atoms. The summed E-state index contributed by atoms with van der Waals surface area (Å²) in [7, 11) is 0. The fourth-order valence-corrected chi connectivity index (χ4v) is 12.5. The van der Waals surface area contributed by atoms with Crippen molar-refractivity contribution in [3.05, 3.63) is 184 Å². The third-order valence-electron chi connectivity index (χ3n) is 13.4. The Morgan fingerprint density at radius 2 is 1.43 bits per heavy atom. The van der Waals surface area contributed by atoms with Crippen LogP contribution in [0.4, 0.5) is 9.93 Å². The minimum atomic E-state index is -1.31. The number of benzene rings is 5. The standard InChI is InChI=1S/C43H38N4O9S2.C18H28O3S/c48-33-26-57-40-35(39(51)47(40)36(33)41(52)56-37(29-17-9-3-10-18-29)30-19-11-4-12-20-30)45-38(50)31(21-22-34(49)54-23-27-13-5-1-6-14-27)32-25-58-42(44-32)46-43(53)55-24-28-15-7-2-8-16-28;1-3-4-5-6-7-8-11-22(19)15(2)12-16-9-10-17-18(13-16)21-14-20-17/h1-21,25,33,35-37,40,48H,22-24,26H2,(H,45,50)(H,44,46,53);9-10,13,15H,3-8,11-12,14H2,1-2H3/b31-21+;/t33?,35-,36?,40-;/m1./s1. The van der Waals surface area contributed by atoms with Crippen LogP contribution in [-0.2, 0) is 64.2 Å². The predicted octanol–water partition coefficient (Wildman–Crippen LogP) is 10.3. The smallest absolute Gasteiger partial charge is 0.413 e. The van der Waals surface area contributed by atoms with Crippen molar-refractivity contribution in [3.63, 3.8) is 0 Å². The number of thioether (sulfide) groups is 1. The quantitative estimate of drug-likeness (QED) is 0.0128. The second-order valence-corrected chi connectivity index (χ2v) is 23.3. The maximum Gasteiger partial charge on any atom is 0.413 e. The average molecular weight is 1140 g/mol. The van der Waals surface area contributed by atoms with E-state index in [0.717, 1.165) is 52.6 Å². The van der Waals surface area contributed by atoms with E-state index in [4.69, 9.17) is 23.7 Å². The van der Waals surface area contributed by atoms with Gasteiger partial charge in [-0.3, -0.25) is 19.7 Å². The zero-order chi connectivity index (χ0) is 56.2. The fourth-order valence-electron chi connectivity index (χ4n) is 9.14. The van der Waals surface area contributed by atoms with Crippen molar-refractivity contribution in [2.24, 2.45) is 0 Å². The molecular weight excluding hydrogens is 1080 g/mol. The van der Waals surface area contributed by atoms with Crippen LogP contribution in [0, 0.1) is 0 Å². The van der Waals surface area contributed by atoms with Gasteiger partial charge in [-0.1, -0.05) is 177 Å². The van der Waals surface area contributed by atoms with E-state index in [1.165, 1.54) is 65.8 Å². The average Bonchev–Trinajstić information content (AvgIpc) is 4.17. The number of aliphatic hydroxyl groups excluding tert-OH is 1. The van der Waals surface area contributed by atoms with Crippen molar-refractivity contribution in [1.82, 2.24) is 15.2 Å². The minimum Gasteiger partial charge on any atom is -0.616 e. The Bertz CT molecular complexity index is 2970. The van der Waals surface area contributed by atoms with Crippen LogP contribution in [0.3, 0.4) is 0 Å². The Kier molecular flexibility index (Phi) is 22.0. The van der Waals surface area contributed by atoms with E-state index >= 15 is 0 Å². The molecule has 6 aromatic rings. The number of nitrogens with one attached hydrogen (secondary N) is 2. The molecule has 3 N–H and O–H groups in total. The fraction of sp³-hybridized carbons (Fsp3) is 0.344. The van der Waals surface area contributed by atoms with Gasteiger partial charge in [0, 0.05) is 17.6 Å². The summed E-state index contributed by atoms with van der Waals surface area (Å²) >= 11 is 1.50. The number of thiazole rings is 1. The van der Waals surface area contributed by atoms with E-state index in [9.17, 15) is 33.6 Å². The second-order valence-electron chi connectivity index (χ2n) is 19.3. The second kappa shape index (κ2) is 29.9. The monoisotopic (exact) mass is 1140 g/mol. The van der Waals surface area contributed by atoms with Crippen molar-refractivity contribution < 1.29 is 57.3 Å². The Labute approximate surface area is 477 Å². The van der Waals surface area contributed by atoms with E-state index in [-0.39, 0.29) is 47.0 Å². The molecule has 3 amide bonds. The molecule has 5 aromatic carbocycles. The number of aromatic nitrogens is 1. The summed E-state index contributed by atoms with van der Waals surface area (Å²) in [5, 5.41) is 17.5. The van der Waals surface area contributed by atoms with Crippen LogP contribution in [0.1, 0.15) is 98.4 Å². The number of esters is 2. The van der Waals surface area contributed by atoms with Gasteiger partial charge in [-0.25, -0.2) is 14.6 Å². The number of ether oxygens (including phenoxy) is 5. The Morgan fingerprint density at radius 1 is 0.812 bits per heavy atom. The summed E-state index contributed by atoms with van der Waals surface area (Å²) in [5.41, 5.74) is 4.26. The van der Waals surface area contributed by atoms with E-state index in [1.807, 2.05) is 140 Å². The largest absolute Gasteiger partial charge is 0.616 e. The van der Waals surface area contributed by atoms with Crippen LogP contribution in [0.15, 0.2) is 151 Å². The van der Waals surface area contributed by atoms with E-state index in [0.29, 0.717) is 17.9 Å². The van der Waals surface area contributed by atoms with E-state index in [1.54, 1.807) is 0 Å². The maximum absolute atomic E-state index is 14.0. The number of carbonyl (C=O) groups is 5. The van der Waals surface area contributed by atoms with Crippen LogP contribution in [0.25, 0.3) is 5.57 Å². The molecule has 9 rings (SSSR count). The van der Waals surface area contributed by atoms with Gasteiger partial charge in [-0.2, -0.15) is 0 Å². The van der Waals surface area contributed by atoms with Gasteiger partial charge < -0.3 is 43.6 Å². The van der Waals surface area contributed by atoms with Crippen LogP contribution in [0.2, 0.25) is 0 Å². The molecule has 2 fully saturated rings. The highest BCUT2D eigenvalue weighted by molar-refractivity contribution is 8.00. The molecule has 3 aliphatic heterocycles. The van der Waals surface area contributed by atoms with Crippen molar-refractivity contribution in [2.75, 3.05) is 23.6 Å². The molecule has 420 valence electrons. The zero-order valence-corrected chi connectivity index (χ0v) is 47.1. The first-order valence-corrected chi connectivity index (χ1v) is 30.1. The van der Waals surface area contributed by atoms with Crippen LogP contribution < -0.4 is 20.1 Å². The number of fused-ring (bicyclic) bond motifs is 2. The molecule has 0 spiro atoms. The number of aliphatic hydroxyl groups is 1. The van der Waals surface area contributed by atoms with Crippen LogP contribution >= 0.6 is 23.1 Å². The van der Waals surface area contributed by atoms with Crippen molar-refractivity contribution in [3.8, 4) is 11.5 Å². The van der Waals surface area contributed by atoms with Crippen LogP contribution in [-0.4, -0.2) is 96.5 Å². The summed E-state index contributed by atoms with van der Waals surface area (Å²) in [6, 6.07) is 40.2. The molecule has 0 aliphatic carbocycles. The lowest BCUT2D eigenvalue weighted by molar-refractivity contribution is -0.173. The molecule has 0 saturated carbocycles. The lowest BCUT2D eigenvalue weighted by atomic mass is 9.98. The molecule has 2 saturated heterocycles. The molecule has 3 aliphatic rings. The highest BCUT2D eigenvalue weighted by Gasteiger charge is 2.58. The zero-order valence-electron chi connectivity index (χ0n) is 44.6. The van der Waals surface area contributed by atoms with Crippen molar-refractivity contribution in [2.45, 2.75) is 113 Å². The number of anilines is 1. The minimum absolute atomic E-state index is 0.0309. The molecule has 4 unspecified atom stereocenters. The number of unbranched alkanes of at least 4 members (excludes halogenated alkanes) is 5. The van der Waals surface area contributed by atoms with Gasteiger partial charge >= 0.3 is 18.0 Å². The highest BCUT2D eigenvalue weighted by atomic mass is 32.2. The normalized spacial score (nSPS) is 17.9. The predicted molar refractivity (Wildman–Crippen MR) is 309 cm³/mol. The summed E-state index contributed by atoms with van der Waals surface area (Å²) < 4.78 is 39.8. The summed E-state index contributed by atoms with van der Waals surface area (Å²) in [6.07, 6.45) is 6.59. The summed E-state index contributed by atoms with van der Waals surface area (Å²) in [6.45, 7) is 4.68. The number of hydrogen-bond acceptors (Lipinski definition) is 15. The number of carbonyl (C=O) groups excluding carboxylic acids is 5. The van der Waals surface area contributed by atoms with E-state index in [2.05, 4.69) is 29.5 Å². The topological polar surface area (TPSA) is 215 Å². The van der Waals surface area contributed by atoms with Crippen molar-refractivity contribution in [1.29, 1.82) is 0 Å². The first-order chi connectivity index (χ1) is 38.9. The molecule has 4 heterocycles. The Balaban J connectivity index is 0.000000320. The van der Waals surface area contributed by atoms with Gasteiger partial charge in [0.15, 0.2) is 28.8 Å². The highest BCUT2D eigenvalue weighted by Crippen LogP contribution is 2.40. The SMILES string of the molecule is CCCCCCCC[S+]([O-])C(C)Cc1ccc2c(c1)OCO2.O=C(C/C=C(/C(=O)N[C@@H]1C(=O)N2C(C(=O)OC(c3ccccc3)c3ccccc3)C(O)CS[C@H]12)c1csc(NC(=O)OCc2ccccc2)n1)OCc1ccccc1. The van der Waals surface area contributed by atoms with Gasteiger partial charge in [-0.05, 0) is 59.7 Å². The van der Waals surface area contributed by atoms with E-state index < -0.39 is 70.7 Å². The molecule has 19 heteroatoms. The first kappa shape index (κ1) is 59.0. The third-order valence-corrected chi connectivity index (χ3v) is 17.3. The number of β-lactam (4-membered cyclic amide) rings is 1. The lowest BCUT2D eigenvalue weighted by Gasteiger charge is -2.53. The van der Waals surface area contributed by atoms with Gasteiger partial charge in [-0.15, -0.1) is 23.1 Å². The van der Waals surface area contributed by atoms with Gasteiger partial charge in [0.25, 0.3) is 5.91 Å². The summed E-state index contributed by atoms with van der Waals surface area (Å²) in [4.78, 5) is 72.6. The molecule has 1 aromatic heterocycles. The number of rotatable bonds is 24. The number of amides is 3. The number of nitrogens with zero attached hydrogens (tertiary/aromatic N) is 2. The molecule has 0 bridgehead atoms. The third kappa shape index (κ3) is 16.5. The molecule has 16 nitrogen and oxygen atoms in total. The van der Waals surface area contributed by atoms with Gasteiger partial charge in [0.05, 0.1) is 23.8 Å². The van der Waals surface area contributed by atoms with Gasteiger partial charge in [0.1, 0.15) is 35.6 Å². The van der Waals surface area contributed by atoms with Crippen molar-refractivity contribution >= 4 is 74.8 Å². The lowest BCUT2D eigenvalue weighted by Crippen LogP contribution is -2.76. The Hall–Kier alpha value is -7.16. The molecule has 0 radical (unpaired) electrons.